The van der Waals surface area contributed by atoms with Crippen molar-refractivity contribution in [3.63, 3.8) is 0 Å². The summed E-state index contributed by atoms with van der Waals surface area (Å²) in [5.41, 5.74) is 8.72. The largest absolute Gasteiger partial charge is 0.456 e. The zero-order valence-electron chi connectivity index (χ0n) is 31.8. The van der Waals surface area contributed by atoms with Gasteiger partial charge >= 0.3 is 0 Å². The minimum atomic E-state index is 0.684. The van der Waals surface area contributed by atoms with E-state index in [1.165, 1.54) is 64.6 Å². The molecule has 13 aromatic rings. The Morgan fingerprint density at radius 3 is 1.54 bits per heavy atom. The van der Waals surface area contributed by atoms with Crippen molar-refractivity contribution in [3.8, 4) is 45.0 Å². The second-order valence-corrected chi connectivity index (χ2v) is 15.6. The molecule has 0 radical (unpaired) electrons. The van der Waals surface area contributed by atoms with E-state index in [9.17, 15) is 0 Å². The molecule has 0 aliphatic carbocycles. The predicted octanol–water partition coefficient (Wildman–Crippen LogP) is 15.4. The number of hydrogen-bond acceptors (Lipinski definition) is 3. The lowest BCUT2D eigenvalue weighted by atomic mass is 9.87. The van der Waals surface area contributed by atoms with Crippen molar-refractivity contribution in [2.45, 2.75) is 0 Å². The van der Waals surface area contributed by atoms with Crippen molar-refractivity contribution >= 4 is 86.6 Å². The summed E-state index contributed by atoms with van der Waals surface area (Å²) >= 11 is 0. The van der Waals surface area contributed by atoms with Gasteiger partial charge in [0.2, 0.25) is 0 Å². The first-order valence-electron chi connectivity index (χ1n) is 20.1. The third-order valence-corrected chi connectivity index (χ3v) is 12.4. The third kappa shape index (κ3) is 4.76. The van der Waals surface area contributed by atoms with E-state index >= 15 is 0 Å². The fourth-order valence-corrected chi connectivity index (χ4v) is 9.82. The molecule has 0 atom stereocenters. The van der Waals surface area contributed by atoms with Crippen LogP contribution in [-0.2, 0) is 0 Å². The van der Waals surface area contributed by atoms with Gasteiger partial charge in [-0.15, -0.1) is 0 Å². The first-order chi connectivity index (χ1) is 29.2. The topological polar surface area (TPSA) is 38.9 Å². The Morgan fingerprint density at radius 1 is 0.288 bits per heavy atom. The van der Waals surface area contributed by atoms with Crippen molar-refractivity contribution in [3.05, 3.63) is 194 Å². The fourth-order valence-electron chi connectivity index (χ4n) is 9.82. The van der Waals surface area contributed by atoms with E-state index in [-0.39, 0.29) is 0 Å². The molecule has 0 spiro atoms. The molecule has 0 saturated carbocycles. The van der Waals surface area contributed by atoms with E-state index in [0.717, 1.165) is 61.1 Å². The first kappa shape index (κ1) is 32.2. The highest BCUT2D eigenvalue weighted by atomic mass is 16.3. The molecule has 3 nitrogen and oxygen atoms in total. The van der Waals surface area contributed by atoms with Crippen LogP contribution in [0.2, 0.25) is 0 Å². The van der Waals surface area contributed by atoms with Crippen molar-refractivity contribution in [2.75, 3.05) is 0 Å². The molecule has 3 heteroatoms. The second-order valence-electron chi connectivity index (χ2n) is 15.6. The molecular weight excluding hydrogens is 717 g/mol. The lowest BCUT2D eigenvalue weighted by Gasteiger charge is -2.17. The zero-order valence-corrected chi connectivity index (χ0v) is 31.8. The Kier molecular flexibility index (Phi) is 6.72. The summed E-state index contributed by atoms with van der Waals surface area (Å²) in [5, 5.41) is 17.2. The van der Waals surface area contributed by atoms with Gasteiger partial charge in [-0.3, -0.25) is 0 Å². The molecule has 13 rings (SSSR count). The van der Waals surface area contributed by atoms with E-state index in [1.807, 2.05) is 18.2 Å². The number of furan rings is 1. The Hall–Kier alpha value is -7.88. The molecular formula is C56H32N2O. The van der Waals surface area contributed by atoms with E-state index in [2.05, 4.69) is 176 Å². The second kappa shape index (κ2) is 12.3. The van der Waals surface area contributed by atoms with Crippen LogP contribution in [0, 0.1) is 0 Å². The first-order valence-corrected chi connectivity index (χ1v) is 20.1. The molecule has 0 saturated heterocycles. The minimum absolute atomic E-state index is 0.684. The quantitative estimate of drug-likeness (QED) is 0.168. The van der Waals surface area contributed by atoms with Gasteiger partial charge in [0.15, 0.2) is 5.82 Å². The third-order valence-electron chi connectivity index (χ3n) is 12.4. The number of fused-ring (bicyclic) bond motifs is 5. The van der Waals surface area contributed by atoms with Gasteiger partial charge in [-0.25, -0.2) is 9.97 Å². The average molecular weight is 749 g/mol. The maximum absolute atomic E-state index is 6.35. The maximum atomic E-state index is 6.35. The van der Waals surface area contributed by atoms with Gasteiger partial charge in [0.1, 0.15) is 11.2 Å². The Bertz CT molecular complexity index is 3840. The van der Waals surface area contributed by atoms with Crippen LogP contribution in [0.1, 0.15) is 0 Å². The zero-order chi connectivity index (χ0) is 38.6. The molecule has 0 bridgehead atoms. The summed E-state index contributed by atoms with van der Waals surface area (Å²) in [4.78, 5) is 10.7. The molecule has 0 aliphatic rings. The van der Waals surface area contributed by atoms with Gasteiger partial charge in [-0.2, -0.15) is 0 Å². The van der Waals surface area contributed by atoms with Crippen LogP contribution >= 0.6 is 0 Å². The molecule has 0 fully saturated rings. The number of para-hydroxylation sites is 1. The van der Waals surface area contributed by atoms with E-state index in [0.29, 0.717) is 5.82 Å². The lowest BCUT2D eigenvalue weighted by Crippen LogP contribution is -1.97. The van der Waals surface area contributed by atoms with Gasteiger partial charge in [0, 0.05) is 27.5 Å². The van der Waals surface area contributed by atoms with Crippen LogP contribution in [0.25, 0.3) is 132 Å². The maximum Gasteiger partial charge on any atom is 0.160 e. The molecule has 272 valence electrons. The number of aromatic nitrogens is 2. The monoisotopic (exact) mass is 748 g/mol. The summed E-state index contributed by atoms with van der Waals surface area (Å²) < 4.78 is 6.35. The molecule has 0 unspecified atom stereocenters. The van der Waals surface area contributed by atoms with E-state index in [1.54, 1.807) is 0 Å². The molecule has 0 amide bonds. The van der Waals surface area contributed by atoms with E-state index < -0.39 is 0 Å². The van der Waals surface area contributed by atoms with Gasteiger partial charge in [0.05, 0.1) is 11.4 Å². The normalized spacial score (nSPS) is 12.1. The predicted molar refractivity (Wildman–Crippen MR) is 247 cm³/mol. The van der Waals surface area contributed by atoms with Gasteiger partial charge in [-0.05, 0) is 106 Å². The van der Waals surface area contributed by atoms with Crippen molar-refractivity contribution < 1.29 is 4.42 Å². The minimum Gasteiger partial charge on any atom is -0.456 e. The van der Waals surface area contributed by atoms with Crippen molar-refractivity contribution in [1.82, 2.24) is 9.97 Å². The average Bonchev–Trinajstić information content (AvgIpc) is 3.69. The van der Waals surface area contributed by atoms with Crippen LogP contribution in [0.15, 0.2) is 199 Å². The van der Waals surface area contributed by atoms with Crippen LogP contribution in [0.4, 0.5) is 0 Å². The number of hydrogen-bond donors (Lipinski definition) is 0. The van der Waals surface area contributed by atoms with Gasteiger partial charge < -0.3 is 4.42 Å². The van der Waals surface area contributed by atoms with Crippen LogP contribution in [0.5, 0.6) is 0 Å². The Morgan fingerprint density at radius 2 is 0.814 bits per heavy atom. The highest BCUT2D eigenvalue weighted by Gasteiger charge is 2.20. The molecule has 2 aromatic heterocycles. The van der Waals surface area contributed by atoms with Crippen molar-refractivity contribution in [1.29, 1.82) is 0 Å². The number of rotatable bonds is 4. The molecule has 11 aromatic carbocycles. The van der Waals surface area contributed by atoms with Crippen LogP contribution in [-0.4, -0.2) is 9.97 Å². The summed E-state index contributed by atoms with van der Waals surface area (Å²) in [7, 11) is 0. The number of nitrogens with zero attached hydrogens (tertiary/aromatic N) is 2. The van der Waals surface area contributed by atoms with Crippen LogP contribution < -0.4 is 0 Å². The fraction of sp³-hybridized carbons (Fsp3) is 0. The van der Waals surface area contributed by atoms with Crippen LogP contribution in [0.3, 0.4) is 0 Å². The standard InChI is InChI=1S/C56H32N2O/c1-2-12-36(13-3-1)56-57-47(32-48(58-56)40-18-5-4-17-39(40)41-23-11-25-50-55(41)45-19-6-7-24-49(45)59-50)38-30-37-29-28-35-15-9-21-43-42-20-8-14-33-26-27-34-16-10-22-44(53(34)51(33)42)46(31-38)54(37)52(35)43/h1-32H. The number of benzene rings is 10. The van der Waals surface area contributed by atoms with Crippen molar-refractivity contribution in [2.24, 2.45) is 0 Å². The van der Waals surface area contributed by atoms with E-state index in [4.69, 9.17) is 14.4 Å². The highest BCUT2D eigenvalue weighted by Crippen LogP contribution is 2.45. The molecule has 0 aliphatic heterocycles. The summed E-state index contributed by atoms with van der Waals surface area (Å²) in [5.74, 6) is 0.684. The molecule has 59 heavy (non-hydrogen) atoms. The smallest absolute Gasteiger partial charge is 0.160 e. The highest BCUT2D eigenvalue weighted by molar-refractivity contribution is 6.37. The Balaban J connectivity index is 1.13. The summed E-state index contributed by atoms with van der Waals surface area (Å²) in [6, 6.07) is 69.8. The molecule has 0 N–H and O–H groups in total. The summed E-state index contributed by atoms with van der Waals surface area (Å²) in [6.07, 6.45) is 0. The lowest BCUT2D eigenvalue weighted by molar-refractivity contribution is 0.669. The van der Waals surface area contributed by atoms with Gasteiger partial charge in [-0.1, -0.05) is 164 Å². The Labute approximate surface area is 338 Å². The molecule has 2 heterocycles. The summed E-state index contributed by atoms with van der Waals surface area (Å²) in [6.45, 7) is 0. The SMILES string of the molecule is c1ccc(-c2nc(-c3cc4ccc5cccc6c7cccc8ccc9cccc(c(c3)c4c56)c9c87)cc(-c3ccccc3-c3cccc4oc5ccccc5c34)n2)cc1. The van der Waals surface area contributed by atoms with Gasteiger partial charge in [0.25, 0.3) is 0 Å².